The molecule has 1 aromatic heterocycles. The van der Waals surface area contributed by atoms with Gasteiger partial charge in [-0.2, -0.15) is 0 Å². The van der Waals surface area contributed by atoms with Gasteiger partial charge in [-0.25, -0.2) is 4.98 Å². The normalized spacial score (nSPS) is 9.83. The van der Waals surface area contributed by atoms with Crippen molar-refractivity contribution in [3.63, 3.8) is 0 Å². The summed E-state index contributed by atoms with van der Waals surface area (Å²) < 4.78 is 0. The smallest absolute Gasteiger partial charge is 0.207 e. The Kier molecular flexibility index (Phi) is 3.78. The van der Waals surface area contributed by atoms with Gasteiger partial charge in [0.25, 0.3) is 0 Å². The van der Waals surface area contributed by atoms with Gasteiger partial charge in [0, 0.05) is 5.75 Å². The number of hydrogen-bond acceptors (Lipinski definition) is 4. The maximum absolute atomic E-state index is 5.68. The Bertz CT molecular complexity index is 292. The molecule has 1 heterocycles. The topological polar surface area (TPSA) is 38.7 Å². The fourth-order valence-corrected chi connectivity index (χ4v) is 1.51. The number of thioether (sulfide) groups is 1. The highest BCUT2D eigenvalue weighted by atomic mass is 35.5. The molecule has 0 atom stereocenters. The molecule has 0 saturated carbocycles. The highest BCUT2D eigenvalue weighted by Crippen LogP contribution is 2.22. The van der Waals surface area contributed by atoms with Crippen molar-refractivity contribution in [2.75, 3.05) is 5.75 Å². The molecule has 0 saturated heterocycles. The number of nitrogens with zero attached hydrogens (tertiary/aromatic N) is 3. The van der Waals surface area contributed by atoms with Crippen LogP contribution in [0.25, 0.3) is 0 Å². The standard InChI is InChI=1S/C6H5Cl2N3S/c1-2-3-12-5-4(7)10-11-6(8)9-5/h2H,1,3H2. The number of halogens is 2. The van der Waals surface area contributed by atoms with Crippen LogP contribution in [0.5, 0.6) is 0 Å². The van der Waals surface area contributed by atoms with E-state index in [1.54, 1.807) is 6.08 Å². The zero-order chi connectivity index (χ0) is 8.97. The molecule has 1 rings (SSSR count). The minimum absolute atomic E-state index is 0.103. The van der Waals surface area contributed by atoms with Gasteiger partial charge in [-0.15, -0.1) is 16.8 Å². The Balaban J connectivity index is 2.82. The van der Waals surface area contributed by atoms with Gasteiger partial charge < -0.3 is 0 Å². The highest BCUT2D eigenvalue weighted by molar-refractivity contribution is 7.99. The maximum Gasteiger partial charge on any atom is 0.244 e. The molecule has 0 spiro atoms. The molecule has 0 aliphatic rings. The average molecular weight is 222 g/mol. The van der Waals surface area contributed by atoms with E-state index in [0.29, 0.717) is 5.03 Å². The van der Waals surface area contributed by atoms with E-state index in [-0.39, 0.29) is 10.4 Å². The lowest BCUT2D eigenvalue weighted by Gasteiger charge is -1.97. The first-order chi connectivity index (χ1) is 5.74. The van der Waals surface area contributed by atoms with Gasteiger partial charge in [-0.3, -0.25) is 0 Å². The van der Waals surface area contributed by atoms with Gasteiger partial charge >= 0.3 is 0 Å². The van der Waals surface area contributed by atoms with Gasteiger partial charge in [0.05, 0.1) is 0 Å². The zero-order valence-electron chi connectivity index (χ0n) is 6.00. The molecule has 0 aliphatic heterocycles. The summed E-state index contributed by atoms with van der Waals surface area (Å²) in [5.74, 6) is 0.717. The van der Waals surface area contributed by atoms with Crippen LogP contribution >= 0.6 is 35.0 Å². The Morgan fingerprint density at radius 3 is 2.83 bits per heavy atom. The fourth-order valence-electron chi connectivity index (χ4n) is 0.510. The lowest BCUT2D eigenvalue weighted by molar-refractivity contribution is 0.905. The van der Waals surface area contributed by atoms with E-state index in [9.17, 15) is 0 Å². The first kappa shape index (κ1) is 9.77. The SMILES string of the molecule is C=CCSc1nc(Cl)nnc1Cl. The summed E-state index contributed by atoms with van der Waals surface area (Å²) in [5.41, 5.74) is 0. The molecule has 0 aliphatic carbocycles. The molecule has 1 aromatic rings. The summed E-state index contributed by atoms with van der Waals surface area (Å²) in [4.78, 5) is 3.89. The molecule has 0 N–H and O–H groups in total. The van der Waals surface area contributed by atoms with Crippen LogP contribution in [0.3, 0.4) is 0 Å². The Hall–Kier alpha value is -0.320. The third kappa shape index (κ3) is 2.62. The van der Waals surface area contributed by atoms with Gasteiger partial charge in [0.15, 0.2) is 5.15 Å². The predicted molar refractivity (Wildman–Crippen MR) is 50.8 cm³/mol. The van der Waals surface area contributed by atoms with Gasteiger partial charge in [0.1, 0.15) is 5.03 Å². The van der Waals surface area contributed by atoms with Crippen molar-refractivity contribution in [3.05, 3.63) is 23.1 Å². The molecule has 12 heavy (non-hydrogen) atoms. The molecule has 6 heteroatoms. The largest absolute Gasteiger partial charge is 0.244 e. The quantitative estimate of drug-likeness (QED) is 0.581. The molecule has 3 nitrogen and oxygen atoms in total. The lowest BCUT2D eigenvalue weighted by atomic mass is 10.8. The Morgan fingerprint density at radius 1 is 1.42 bits per heavy atom. The molecule has 0 unspecified atom stereocenters. The van der Waals surface area contributed by atoms with Crippen molar-refractivity contribution in [1.29, 1.82) is 0 Å². The minimum Gasteiger partial charge on any atom is -0.207 e. The van der Waals surface area contributed by atoms with Crippen LogP contribution in [-0.4, -0.2) is 20.9 Å². The van der Waals surface area contributed by atoms with Crippen LogP contribution in [0.2, 0.25) is 10.4 Å². The molecule has 0 amide bonds. The summed E-state index contributed by atoms with van der Waals surface area (Å²) in [7, 11) is 0. The number of rotatable bonds is 3. The fraction of sp³-hybridized carbons (Fsp3) is 0.167. The third-order valence-corrected chi connectivity index (χ3v) is 2.42. The van der Waals surface area contributed by atoms with Crippen molar-refractivity contribution in [1.82, 2.24) is 15.2 Å². The van der Waals surface area contributed by atoms with Crippen LogP contribution in [0.15, 0.2) is 17.7 Å². The van der Waals surface area contributed by atoms with Crippen LogP contribution in [-0.2, 0) is 0 Å². The van der Waals surface area contributed by atoms with E-state index in [2.05, 4.69) is 21.8 Å². The summed E-state index contributed by atoms with van der Waals surface area (Å²) in [6.45, 7) is 3.57. The molecule has 0 fully saturated rings. The Labute approximate surface area is 84.2 Å². The van der Waals surface area contributed by atoms with Crippen molar-refractivity contribution >= 4 is 35.0 Å². The van der Waals surface area contributed by atoms with E-state index in [4.69, 9.17) is 23.2 Å². The second-order valence-corrected chi connectivity index (χ2v) is 3.48. The van der Waals surface area contributed by atoms with Crippen molar-refractivity contribution in [2.45, 2.75) is 5.03 Å². The summed E-state index contributed by atoms with van der Waals surface area (Å²) in [5, 5.41) is 8.03. The molecule has 64 valence electrons. The summed E-state index contributed by atoms with van der Waals surface area (Å²) >= 11 is 12.6. The Morgan fingerprint density at radius 2 is 2.17 bits per heavy atom. The minimum atomic E-state index is 0.103. The highest BCUT2D eigenvalue weighted by Gasteiger charge is 2.04. The van der Waals surface area contributed by atoms with Crippen LogP contribution in [0.1, 0.15) is 0 Å². The third-order valence-electron chi connectivity index (χ3n) is 0.928. The number of aromatic nitrogens is 3. The van der Waals surface area contributed by atoms with Crippen molar-refractivity contribution in [2.24, 2.45) is 0 Å². The van der Waals surface area contributed by atoms with E-state index in [0.717, 1.165) is 5.75 Å². The average Bonchev–Trinajstić information content (AvgIpc) is 2.07. The van der Waals surface area contributed by atoms with Crippen LogP contribution in [0, 0.1) is 0 Å². The van der Waals surface area contributed by atoms with Gasteiger partial charge in [-0.1, -0.05) is 29.4 Å². The van der Waals surface area contributed by atoms with Crippen molar-refractivity contribution < 1.29 is 0 Å². The second kappa shape index (κ2) is 4.64. The summed E-state index contributed by atoms with van der Waals surface area (Å²) in [6.07, 6.45) is 1.75. The molecule has 0 radical (unpaired) electrons. The van der Waals surface area contributed by atoms with Crippen LogP contribution < -0.4 is 0 Å². The van der Waals surface area contributed by atoms with E-state index in [1.807, 2.05) is 0 Å². The predicted octanol–water partition coefficient (Wildman–Crippen LogP) is 2.46. The van der Waals surface area contributed by atoms with E-state index in [1.165, 1.54) is 11.8 Å². The van der Waals surface area contributed by atoms with Crippen molar-refractivity contribution in [3.8, 4) is 0 Å². The lowest BCUT2D eigenvalue weighted by Crippen LogP contribution is -1.91. The van der Waals surface area contributed by atoms with E-state index >= 15 is 0 Å². The van der Waals surface area contributed by atoms with Gasteiger partial charge in [0.2, 0.25) is 5.28 Å². The first-order valence-corrected chi connectivity index (χ1v) is 4.77. The molecule has 0 bridgehead atoms. The van der Waals surface area contributed by atoms with Crippen LogP contribution in [0.4, 0.5) is 0 Å². The second-order valence-electron chi connectivity index (χ2n) is 1.78. The molecular formula is C6H5Cl2N3S. The first-order valence-electron chi connectivity index (χ1n) is 3.03. The molecular weight excluding hydrogens is 217 g/mol. The van der Waals surface area contributed by atoms with Gasteiger partial charge in [-0.05, 0) is 11.6 Å². The molecule has 0 aromatic carbocycles. The zero-order valence-corrected chi connectivity index (χ0v) is 8.33. The number of hydrogen-bond donors (Lipinski definition) is 0. The maximum atomic E-state index is 5.68. The summed E-state index contributed by atoms with van der Waals surface area (Å²) in [6, 6.07) is 0. The monoisotopic (exact) mass is 221 g/mol. The van der Waals surface area contributed by atoms with E-state index < -0.39 is 0 Å².